The fraction of sp³-hybridized carbons (Fsp3) is 0. The van der Waals surface area contributed by atoms with E-state index in [1.807, 2.05) is 6.07 Å². The fourth-order valence-corrected chi connectivity index (χ4v) is 6.06. The molecule has 0 nitrogen and oxygen atoms in total. The molecule has 0 saturated carbocycles. The van der Waals surface area contributed by atoms with E-state index in [1.54, 1.807) is 45.3 Å². The summed E-state index contributed by atoms with van der Waals surface area (Å²) in [5, 5.41) is 6.40. The molecule has 0 unspecified atom stereocenters. The monoisotopic (exact) mass is 390 g/mol. The molecule has 0 spiro atoms. The Labute approximate surface area is 156 Å². The van der Waals surface area contributed by atoms with Gasteiger partial charge in [0.2, 0.25) is 0 Å². The zero-order valence-corrected chi connectivity index (χ0v) is 15.9. The molecular weight excluding hydrogens is 380 g/mol. The lowest BCUT2D eigenvalue weighted by molar-refractivity contribution is 1.73. The first-order valence-electron chi connectivity index (χ1n) is 6.94. The topological polar surface area (TPSA) is 0 Å². The molecule has 0 aliphatic heterocycles. The second-order valence-electron chi connectivity index (χ2n) is 4.79. The molecule has 0 bridgehead atoms. The molecule has 23 heavy (non-hydrogen) atoms. The van der Waals surface area contributed by atoms with Gasteiger partial charge in [0.1, 0.15) is 0 Å². The maximum atomic E-state index is 6.22. The molecule has 0 aromatic carbocycles. The molecule has 0 aliphatic rings. The van der Waals surface area contributed by atoms with E-state index in [2.05, 4.69) is 58.6 Å². The van der Waals surface area contributed by atoms with Crippen molar-refractivity contribution in [2.75, 3.05) is 0 Å². The van der Waals surface area contributed by atoms with Crippen molar-refractivity contribution in [3.63, 3.8) is 0 Å². The highest BCUT2D eigenvalue weighted by molar-refractivity contribution is 7.18. The third-order valence-corrected chi connectivity index (χ3v) is 7.28. The van der Waals surface area contributed by atoms with E-state index in [4.69, 9.17) is 11.6 Å². The quantitative estimate of drug-likeness (QED) is 0.336. The van der Waals surface area contributed by atoms with Gasteiger partial charge in [-0.1, -0.05) is 29.8 Å². The van der Waals surface area contributed by atoms with Gasteiger partial charge in [-0.05, 0) is 46.5 Å². The van der Waals surface area contributed by atoms with Crippen LogP contribution in [0, 0.1) is 0 Å². The lowest BCUT2D eigenvalue weighted by atomic mass is 10.0. The Bertz CT molecular complexity index is 874. The van der Waals surface area contributed by atoms with Crippen molar-refractivity contribution in [1.82, 2.24) is 0 Å². The Morgan fingerprint density at radius 1 is 0.609 bits per heavy atom. The first-order valence-corrected chi connectivity index (χ1v) is 10.8. The summed E-state index contributed by atoms with van der Waals surface area (Å²) in [6.07, 6.45) is 0. The van der Waals surface area contributed by atoms with Crippen LogP contribution in [0.4, 0.5) is 0 Å². The van der Waals surface area contributed by atoms with E-state index in [0.717, 1.165) is 4.34 Å². The molecule has 5 heteroatoms. The molecule has 114 valence electrons. The summed E-state index contributed by atoms with van der Waals surface area (Å²) < 4.78 is 0.825. The smallest absolute Gasteiger partial charge is 0.0934 e. The molecule has 4 rings (SSSR count). The zero-order chi connectivity index (χ0) is 15.6. The van der Waals surface area contributed by atoms with Crippen molar-refractivity contribution in [1.29, 1.82) is 0 Å². The SMILES string of the molecule is Clc1ccc(C(=C(c2cccs2)c2cccs2)c2cccs2)s1. The average molecular weight is 391 g/mol. The van der Waals surface area contributed by atoms with Crippen molar-refractivity contribution >= 4 is 68.1 Å². The first-order chi connectivity index (χ1) is 11.3. The molecule has 0 amide bonds. The number of thiophene rings is 4. The van der Waals surface area contributed by atoms with Crippen LogP contribution in [0.5, 0.6) is 0 Å². The van der Waals surface area contributed by atoms with E-state index >= 15 is 0 Å². The maximum absolute atomic E-state index is 6.22. The van der Waals surface area contributed by atoms with Crippen LogP contribution in [-0.4, -0.2) is 0 Å². The summed E-state index contributed by atoms with van der Waals surface area (Å²) >= 11 is 13.2. The van der Waals surface area contributed by atoms with Crippen molar-refractivity contribution in [2.24, 2.45) is 0 Å². The standard InChI is InChI=1S/C18H11ClS4/c19-16-8-7-15(23-16)18(14-6-3-11-22-14)17(12-4-1-9-20-12)13-5-2-10-21-13/h1-11H. The number of halogens is 1. The average Bonchev–Trinajstić information content (AvgIpc) is 3.31. The maximum Gasteiger partial charge on any atom is 0.0934 e. The molecule has 0 aliphatic carbocycles. The molecule has 0 saturated heterocycles. The summed E-state index contributed by atoms with van der Waals surface area (Å²) in [5.41, 5.74) is 2.58. The van der Waals surface area contributed by atoms with Gasteiger partial charge in [-0.2, -0.15) is 0 Å². The number of hydrogen-bond acceptors (Lipinski definition) is 4. The highest BCUT2D eigenvalue weighted by Gasteiger charge is 2.19. The highest BCUT2D eigenvalue weighted by atomic mass is 35.5. The van der Waals surface area contributed by atoms with Crippen LogP contribution in [0.3, 0.4) is 0 Å². The molecule has 4 aromatic heterocycles. The summed E-state index contributed by atoms with van der Waals surface area (Å²) in [7, 11) is 0. The van der Waals surface area contributed by atoms with Crippen LogP contribution in [0.2, 0.25) is 4.34 Å². The van der Waals surface area contributed by atoms with Crippen LogP contribution in [-0.2, 0) is 0 Å². The van der Waals surface area contributed by atoms with Gasteiger partial charge < -0.3 is 0 Å². The Kier molecular flexibility index (Phi) is 4.51. The summed E-state index contributed by atoms with van der Waals surface area (Å²) in [5.74, 6) is 0. The number of hydrogen-bond donors (Lipinski definition) is 0. The van der Waals surface area contributed by atoms with Gasteiger partial charge in [-0.25, -0.2) is 0 Å². The lowest BCUT2D eigenvalue weighted by Gasteiger charge is -2.11. The Morgan fingerprint density at radius 2 is 1.09 bits per heavy atom. The molecule has 0 N–H and O–H groups in total. The first kappa shape index (κ1) is 15.4. The Hall–Kier alpha value is -1.17. The van der Waals surface area contributed by atoms with Gasteiger partial charge in [0.25, 0.3) is 0 Å². The molecule has 0 radical (unpaired) electrons. The lowest BCUT2D eigenvalue weighted by Crippen LogP contribution is -1.90. The van der Waals surface area contributed by atoms with Gasteiger partial charge in [-0.15, -0.1) is 45.3 Å². The molecular formula is C18H11ClS4. The van der Waals surface area contributed by atoms with Crippen molar-refractivity contribution < 1.29 is 0 Å². The van der Waals surface area contributed by atoms with Crippen molar-refractivity contribution in [2.45, 2.75) is 0 Å². The fourth-order valence-electron chi connectivity index (χ4n) is 2.45. The van der Waals surface area contributed by atoms with Crippen LogP contribution in [0.1, 0.15) is 19.5 Å². The minimum Gasteiger partial charge on any atom is -0.144 e. The molecule has 4 heterocycles. The van der Waals surface area contributed by atoms with E-state index in [1.165, 1.54) is 30.7 Å². The minimum absolute atomic E-state index is 0.825. The van der Waals surface area contributed by atoms with Crippen LogP contribution in [0.25, 0.3) is 11.1 Å². The van der Waals surface area contributed by atoms with E-state index in [-0.39, 0.29) is 0 Å². The third-order valence-electron chi connectivity index (χ3n) is 3.37. The van der Waals surface area contributed by atoms with Gasteiger partial charge in [0.05, 0.1) is 4.34 Å². The van der Waals surface area contributed by atoms with Crippen LogP contribution >= 0.6 is 56.9 Å². The predicted octanol–water partition coefficient (Wildman–Crippen LogP) is 7.59. The Balaban J connectivity index is 2.05. The zero-order valence-electron chi connectivity index (χ0n) is 11.9. The van der Waals surface area contributed by atoms with E-state index in [0.29, 0.717) is 0 Å². The molecule has 0 atom stereocenters. The molecule has 0 fully saturated rings. The van der Waals surface area contributed by atoms with E-state index in [9.17, 15) is 0 Å². The summed E-state index contributed by atoms with van der Waals surface area (Å²) in [6, 6.07) is 17.0. The normalized spacial score (nSPS) is 10.8. The Morgan fingerprint density at radius 3 is 1.43 bits per heavy atom. The van der Waals surface area contributed by atoms with Gasteiger partial charge in [0, 0.05) is 30.7 Å². The second-order valence-corrected chi connectivity index (χ2v) is 9.34. The van der Waals surface area contributed by atoms with Gasteiger partial charge >= 0.3 is 0 Å². The predicted molar refractivity (Wildman–Crippen MR) is 107 cm³/mol. The van der Waals surface area contributed by atoms with Crippen molar-refractivity contribution in [3.05, 3.63) is 88.5 Å². The molecule has 4 aromatic rings. The minimum atomic E-state index is 0.825. The van der Waals surface area contributed by atoms with Crippen LogP contribution < -0.4 is 0 Å². The number of rotatable bonds is 4. The van der Waals surface area contributed by atoms with Gasteiger partial charge in [0.15, 0.2) is 0 Å². The van der Waals surface area contributed by atoms with Gasteiger partial charge in [-0.3, -0.25) is 0 Å². The largest absolute Gasteiger partial charge is 0.144 e. The van der Waals surface area contributed by atoms with E-state index < -0.39 is 0 Å². The second kappa shape index (κ2) is 6.75. The van der Waals surface area contributed by atoms with Crippen molar-refractivity contribution in [3.8, 4) is 0 Å². The third kappa shape index (κ3) is 3.10. The summed E-state index contributed by atoms with van der Waals surface area (Å²) in [4.78, 5) is 5.08. The summed E-state index contributed by atoms with van der Waals surface area (Å²) in [6.45, 7) is 0. The highest BCUT2D eigenvalue weighted by Crippen LogP contribution is 2.43. The van der Waals surface area contributed by atoms with Crippen LogP contribution in [0.15, 0.2) is 64.7 Å².